The maximum absolute atomic E-state index is 13.0. The van der Waals surface area contributed by atoms with Gasteiger partial charge < -0.3 is 10.8 Å². The number of hydrogen-bond acceptors (Lipinski definition) is 5. The van der Waals surface area contributed by atoms with Crippen molar-refractivity contribution in [2.75, 3.05) is 11.4 Å². The number of carboxylic acids is 1. The summed E-state index contributed by atoms with van der Waals surface area (Å²) < 4.78 is -0.603. The summed E-state index contributed by atoms with van der Waals surface area (Å²) in [5, 5.41) is 11.2. The zero-order chi connectivity index (χ0) is 17.3. The first-order chi connectivity index (χ1) is 11.5. The second-order valence-electron chi connectivity index (χ2n) is 5.59. The summed E-state index contributed by atoms with van der Waals surface area (Å²) in [6.45, 7) is 1.61. The van der Waals surface area contributed by atoms with Crippen LogP contribution in [0.2, 0.25) is 0 Å². The van der Waals surface area contributed by atoms with E-state index in [1.165, 1.54) is 4.90 Å². The molecule has 1 aromatic heterocycles. The molecule has 2 heterocycles. The molecule has 0 saturated heterocycles. The fourth-order valence-corrected chi connectivity index (χ4v) is 5.56. The van der Waals surface area contributed by atoms with Crippen LogP contribution in [0.1, 0.15) is 18.2 Å². The minimum Gasteiger partial charge on any atom is -0.480 e. The number of rotatable bonds is 4. The Morgan fingerprint density at radius 1 is 1.33 bits per heavy atom. The van der Waals surface area contributed by atoms with Gasteiger partial charge in [-0.2, -0.15) is 0 Å². The van der Waals surface area contributed by atoms with E-state index in [-0.39, 0.29) is 5.91 Å². The number of carboxylic acid groups (broad SMARTS) is 1. The van der Waals surface area contributed by atoms with Gasteiger partial charge in [0.15, 0.2) is 0 Å². The number of nitrogens with zero attached hydrogens (tertiary/aromatic N) is 1. The average Bonchev–Trinajstić information content (AvgIpc) is 3.09. The number of fused-ring (bicyclic) bond motifs is 1. The van der Waals surface area contributed by atoms with Gasteiger partial charge >= 0.3 is 5.97 Å². The number of amides is 1. The summed E-state index contributed by atoms with van der Waals surface area (Å²) in [6.07, 6.45) is 0.667. The van der Waals surface area contributed by atoms with Crippen LogP contribution in [0.5, 0.6) is 0 Å². The third-order valence-electron chi connectivity index (χ3n) is 4.24. The highest BCUT2D eigenvalue weighted by Crippen LogP contribution is 2.52. The first kappa shape index (κ1) is 17.0. The molecule has 2 unspecified atom stereocenters. The summed E-state index contributed by atoms with van der Waals surface area (Å²) in [5.41, 5.74) is 7.01. The van der Waals surface area contributed by atoms with E-state index in [2.05, 4.69) is 0 Å². The monoisotopic (exact) mass is 362 g/mol. The molecule has 7 heteroatoms. The normalized spacial score (nSPS) is 23.7. The molecule has 1 aliphatic heterocycles. The van der Waals surface area contributed by atoms with Gasteiger partial charge in [0.1, 0.15) is 12.6 Å². The van der Waals surface area contributed by atoms with Crippen LogP contribution < -0.4 is 10.6 Å². The molecule has 3 rings (SSSR count). The number of thioether (sulfide) groups is 1. The molecular weight excluding hydrogens is 344 g/mol. The molecular formula is C17H18N2O3S2. The average molecular weight is 362 g/mol. The molecule has 0 spiro atoms. The van der Waals surface area contributed by atoms with Crippen LogP contribution in [0.25, 0.3) is 0 Å². The Labute approximate surface area is 148 Å². The van der Waals surface area contributed by atoms with Crippen LogP contribution in [-0.2, 0) is 14.3 Å². The summed E-state index contributed by atoms with van der Waals surface area (Å²) in [6, 6.07) is 10.5. The van der Waals surface area contributed by atoms with Crippen LogP contribution in [0.3, 0.4) is 0 Å². The highest BCUT2D eigenvalue weighted by molar-refractivity contribution is 8.00. The van der Waals surface area contributed by atoms with Gasteiger partial charge in [-0.05, 0) is 30.0 Å². The lowest BCUT2D eigenvalue weighted by atomic mass is 9.93. The Bertz CT molecular complexity index is 763. The van der Waals surface area contributed by atoms with Crippen molar-refractivity contribution in [3.8, 4) is 0 Å². The van der Waals surface area contributed by atoms with Crippen molar-refractivity contribution in [1.82, 2.24) is 0 Å². The fraction of sp³-hybridized carbons (Fsp3) is 0.294. The van der Waals surface area contributed by atoms with Crippen molar-refractivity contribution in [3.05, 3.63) is 46.7 Å². The van der Waals surface area contributed by atoms with Gasteiger partial charge in [-0.25, -0.2) is 0 Å². The number of aliphatic carboxylic acids is 1. The molecule has 0 aliphatic carbocycles. The van der Waals surface area contributed by atoms with Crippen molar-refractivity contribution in [1.29, 1.82) is 0 Å². The molecule has 0 bridgehead atoms. The predicted molar refractivity (Wildman–Crippen MR) is 96.6 cm³/mol. The minimum atomic E-state index is -1.06. The topological polar surface area (TPSA) is 83.6 Å². The zero-order valence-electron chi connectivity index (χ0n) is 13.1. The number of carbonyl (C=O) groups excluding carboxylic acids is 1. The smallest absolute Gasteiger partial charge is 0.323 e. The number of benzene rings is 1. The number of carbonyl (C=O) groups is 2. The van der Waals surface area contributed by atoms with Crippen molar-refractivity contribution in [2.24, 2.45) is 5.73 Å². The van der Waals surface area contributed by atoms with Crippen LogP contribution in [0.4, 0.5) is 5.69 Å². The molecule has 0 radical (unpaired) electrons. The minimum absolute atomic E-state index is 0.356. The second-order valence-corrected chi connectivity index (χ2v) is 7.91. The van der Waals surface area contributed by atoms with Gasteiger partial charge in [-0.15, -0.1) is 23.1 Å². The second kappa shape index (κ2) is 6.58. The zero-order valence-corrected chi connectivity index (χ0v) is 14.8. The summed E-state index contributed by atoms with van der Waals surface area (Å²) in [7, 11) is 0. The Balaban J connectivity index is 2.18. The van der Waals surface area contributed by atoms with Gasteiger partial charge in [0.25, 0.3) is 0 Å². The molecule has 2 aromatic rings. The molecule has 3 N–H and O–H groups in total. The van der Waals surface area contributed by atoms with Crippen LogP contribution >= 0.6 is 23.1 Å². The molecule has 0 fully saturated rings. The van der Waals surface area contributed by atoms with Gasteiger partial charge in [-0.1, -0.05) is 25.1 Å². The van der Waals surface area contributed by atoms with E-state index in [4.69, 9.17) is 5.73 Å². The number of para-hydroxylation sites is 1. The Morgan fingerprint density at radius 3 is 2.71 bits per heavy atom. The molecule has 1 aromatic carbocycles. The summed E-state index contributed by atoms with van der Waals surface area (Å²) in [4.78, 5) is 27.5. The summed E-state index contributed by atoms with van der Waals surface area (Å²) in [5.74, 6) is -1.42. The van der Waals surface area contributed by atoms with E-state index >= 15 is 0 Å². The quantitative estimate of drug-likeness (QED) is 0.874. The van der Waals surface area contributed by atoms with Crippen molar-refractivity contribution in [2.45, 2.75) is 29.0 Å². The molecule has 0 saturated carbocycles. The lowest BCUT2D eigenvalue weighted by molar-refractivity contribution is -0.136. The van der Waals surface area contributed by atoms with Crippen LogP contribution in [0.15, 0.2) is 46.7 Å². The fourth-order valence-electron chi connectivity index (χ4n) is 3.00. The molecule has 24 heavy (non-hydrogen) atoms. The third kappa shape index (κ3) is 2.72. The first-order valence-corrected chi connectivity index (χ1v) is 9.30. The van der Waals surface area contributed by atoms with E-state index in [0.717, 1.165) is 9.77 Å². The predicted octanol–water partition coefficient (Wildman–Crippen LogP) is 2.90. The first-order valence-electron chi connectivity index (χ1n) is 7.60. The Morgan fingerprint density at radius 2 is 2.08 bits per heavy atom. The molecule has 2 atom stereocenters. The van der Waals surface area contributed by atoms with E-state index in [1.807, 2.05) is 36.6 Å². The number of thiophene rings is 1. The maximum atomic E-state index is 13.0. The lowest BCUT2D eigenvalue weighted by Crippen LogP contribution is -2.53. The van der Waals surface area contributed by atoms with Crippen molar-refractivity contribution in [3.63, 3.8) is 0 Å². The highest BCUT2D eigenvalue weighted by atomic mass is 32.2. The van der Waals surface area contributed by atoms with Crippen LogP contribution in [-0.4, -0.2) is 29.6 Å². The molecule has 5 nitrogen and oxygen atoms in total. The largest absolute Gasteiger partial charge is 0.480 e. The Hall–Kier alpha value is -1.83. The van der Waals surface area contributed by atoms with Gasteiger partial charge in [0, 0.05) is 9.77 Å². The van der Waals surface area contributed by atoms with Gasteiger partial charge in [0.05, 0.1) is 10.4 Å². The Kier molecular flexibility index (Phi) is 4.67. The van der Waals surface area contributed by atoms with E-state index < -0.39 is 23.3 Å². The lowest BCUT2D eigenvalue weighted by Gasteiger charge is -2.34. The molecule has 1 aliphatic rings. The number of hydrogen-bond donors (Lipinski definition) is 2. The van der Waals surface area contributed by atoms with Gasteiger partial charge in [-0.3, -0.25) is 14.5 Å². The maximum Gasteiger partial charge on any atom is 0.323 e. The number of nitrogens with two attached hydrogens (primary N) is 1. The molecule has 126 valence electrons. The third-order valence-corrected chi connectivity index (χ3v) is 7.11. The van der Waals surface area contributed by atoms with E-state index in [1.54, 1.807) is 35.2 Å². The van der Waals surface area contributed by atoms with Crippen molar-refractivity contribution < 1.29 is 14.7 Å². The number of anilines is 1. The standard InChI is InChI=1S/C17H18N2O3S2/c1-2-17(13-8-5-9-23-13)15(18)16(22)19(10-14(20)21)11-6-3-4-7-12(11)24-17/h3-9,15H,2,10,18H2,1H3,(H,20,21). The van der Waals surface area contributed by atoms with E-state index in [0.29, 0.717) is 12.1 Å². The molecule has 1 amide bonds. The van der Waals surface area contributed by atoms with Gasteiger partial charge in [0.2, 0.25) is 5.91 Å². The SMILES string of the molecule is CCC1(c2cccs2)Sc2ccccc2N(CC(=O)O)C(=O)C1N. The van der Waals surface area contributed by atoms with E-state index in [9.17, 15) is 14.7 Å². The highest BCUT2D eigenvalue weighted by Gasteiger charge is 2.47. The van der Waals surface area contributed by atoms with Crippen molar-refractivity contribution >= 4 is 40.7 Å². The summed E-state index contributed by atoms with van der Waals surface area (Å²) >= 11 is 3.13. The van der Waals surface area contributed by atoms with Crippen LogP contribution in [0, 0.1) is 0 Å².